The highest BCUT2D eigenvalue weighted by atomic mass is 35.5. The first kappa shape index (κ1) is 26.3. The Kier molecular flexibility index (Phi) is 7.46. The summed E-state index contributed by atoms with van der Waals surface area (Å²) in [5.41, 5.74) is 9.42. The zero-order chi connectivity index (χ0) is 25.5. The second-order valence-electron chi connectivity index (χ2n) is 10.5. The van der Waals surface area contributed by atoms with E-state index in [4.69, 9.17) is 4.98 Å². The first-order chi connectivity index (χ1) is 18.0. The highest BCUT2D eigenvalue weighted by molar-refractivity contribution is 6.01. The van der Waals surface area contributed by atoms with Crippen molar-refractivity contribution in [2.75, 3.05) is 37.6 Å². The Bertz CT molecular complexity index is 1490. The number of piperazine rings is 1. The molecule has 2 aliphatic heterocycles. The van der Waals surface area contributed by atoms with Crippen LogP contribution in [0.1, 0.15) is 44.0 Å². The Balaban J connectivity index is 0.00000294. The number of hydrogen-bond donors (Lipinski definition) is 1. The predicted octanol–water partition coefficient (Wildman–Crippen LogP) is 5.04. The predicted molar refractivity (Wildman–Crippen MR) is 157 cm³/mol. The maximum absolute atomic E-state index is 13.6. The summed E-state index contributed by atoms with van der Waals surface area (Å²) in [5.74, 6) is 0.958. The van der Waals surface area contributed by atoms with E-state index in [1.807, 2.05) is 11.0 Å². The number of nitrogens with zero attached hydrogens (tertiary/aromatic N) is 4. The van der Waals surface area contributed by atoms with Gasteiger partial charge in [-0.1, -0.05) is 54.1 Å². The molecule has 6 nitrogen and oxygen atoms in total. The van der Waals surface area contributed by atoms with Crippen molar-refractivity contribution in [3.05, 3.63) is 93.8 Å². The molecule has 198 valence electrons. The molecule has 2 aromatic carbocycles. The molecule has 0 bridgehead atoms. The summed E-state index contributed by atoms with van der Waals surface area (Å²) in [4.78, 5) is 23.1. The minimum absolute atomic E-state index is 0. The number of carbonyl (C=O) groups excluding carboxylic acids is 1. The van der Waals surface area contributed by atoms with E-state index >= 15 is 0 Å². The number of aromatic nitrogens is 2. The first-order valence-corrected chi connectivity index (χ1v) is 13.4. The van der Waals surface area contributed by atoms with Crippen LogP contribution in [0.15, 0.2) is 54.6 Å². The highest BCUT2D eigenvalue weighted by Gasteiger charge is 2.27. The maximum atomic E-state index is 13.6. The van der Waals surface area contributed by atoms with Crippen LogP contribution >= 0.6 is 12.4 Å². The van der Waals surface area contributed by atoms with Gasteiger partial charge in [0.15, 0.2) is 5.82 Å². The van der Waals surface area contributed by atoms with Gasteiger partial charge in [-0.15, -0.1) is 12.4 Å². The number of nitrogens with one attached hydrogen (secondary N) is 1. The van der Waals surface area contributed by atoms with E-state index < -0.39 is 0 Å². The molecule has 0 atom stereocenters. The third kappa shape index (κ3) is 4.79. The summed E-state index contributed by atoms with van der Waals surface area (Å²) in [7, 11) is 0. The zero-order valence-electron chi connectivity index (χ0n) is 22.5. The summed E-state index contributed by atoms with van der Waals surface area (Å²) in [6, 6.07) is 19.4. The van der Waals surface area contributed by atoms with Crippen LogP contribution in [-0.2, 0) is 19.5 Å². The molecule has 2 aliphatic rings. The normalized spacial score (nSPS) is 15.3. The van der Waals surface area contributed by atoms with Gasteiger partial charge in [0.1, 0.15) is 5.69 Å². The van der Waals surface area contributed by atoms with E-state index in [-0.39, 0.29) is 18.3 Å². The van der Waals surface area contributed by atoms with Gasteiger partial charge in [-0.3, -0.25) is 4.79 Å². The van der Waals surface area contributed by atoms with Crippen molar-refractivity contribution in [2.45, 2.75) is 40.3 Å². The van der Waals surface area contributed by atoms with Gasteiger partial charge in [-0.25, -0.2) is 4.98 Å². The van der Waals surface area contributed by atoms with Crippen LogP contribution < -0.4 is 10.2 Å². The van der Waals surface area contributed by atoms with E-state index in [9.17, 15) is 4.79 Å². The van der Waals surface area contributed by atoms with E-state index in [0.717, 1.165) is 69.0 Å². The third-order valence-corrected chi connectivity index (χ3v) is 8.07. The van der Waals surface area contributed by atoms with E-state index in [1.165, 1.54) is 33.5 Å². The van der Waals surface area contributed by atoms with Crippen molar-refractivity contribution >= 4 is 35.0 Å². The number of anilines is 1. The zero-order valence-corrected chi connectivity index (χ0v) is 23.3. The van der Waals surface area contributed by atoms with Gasteiger partial charge >= 0.3 is 0 Å². The largest absolute Gasteiger partial charge is 0.350 e. The third-order valence-electron chi connectivity index (χ3n) is 8.07. The SMILES string of the molecule is Cc1cccc(Cn2c(C)c(C)c3cc(C(=O)N4CCNCC4)nc(N4CCc5ccccc5C4)c32)c1.Cl. The molecule has 0 unspecified atom stereocenters. The quantitative estimate of drug-likeness (QED) is 0.402. The summed E-state index contributed by atoms with van der Waals surface area (Å²) in [6.45, 7) is 12.1. The first-order valence-electron chi connectivity index (χ1n) is 13.4. The van der Waals surface area contributed by atoms with Crippen LogP contribution in [0.5, 0.6) is 0 Å². The molecular weight excluding hydrogens is 494 g/mol. The van der Waals surface area contributed by atoms with Crippen LogP contribution in [0, 0.1) is 20.8 Å². The fourth-order valence-corrected chi connectivity index (χ4v) is 5.87. The molecule has 4 aromatic rings. The molecule has 1 N–H and O–H groups in total. The van der Waals surface area contributed by atoms with Crippen LogP contribution in [0.3, 0.4) is 0 Å². The Labute approximate surface area is 231 Å². The van der Waals surface area contributed by atoms with E-state index in [0.29, 0.717) is 5.69 Å². The van der Waals surface area contributed by atoms with Crippen LogP contribution in [0.25, 0.3) is 10.9 Å². The second kappa shape index (κ2) is 10.8. The average molecular weight is 530 g/mol. The lowest BCUT2D eigenvalue weighted by atomic mass is 10.00. The Morgan fingerprint density at radius 3 is 2.47 bits per heavy atom. The summed E-state index contributed by atoms with van der Waals surface area (Å²) < 4.78 is 2.40. The lowest BCUT2D eigenvalue weighted by Gasteiger charge is -2.32. The van der Waals surface area contributed by atoms with Crippen LogP contribution in [0.4, 0.5) is 5.82 Å². The molecule has 0 aliphatic carbocycles. The van der Waals surface area contributed by atoms with Gasteiger partial charge in [0.2, 0.25) is 0 Å². The summed E-state index contributed by atoms with van der Waals surface area (Å²) in [6.07, 6.45) is 0.978. The molecule has 0 saturated carbocycles. The van der Waals surface area contributed by atoms with Crippen molar-refractivity contribution in [3.63, 3.8) is 0 Å². The Morgan fingerprint density at radius 1 is 0.947 bits per heavy atom. The number of fused-ring (bicyclic) bond motifs is 2. The fraction of sp³-hybridized carbons (Fsp3) is 0.355. The molecule has 1 fully saturated rings. The number of halogens is 1. The van der Waals surface area contributed by atoms with E-state index in [1.54, 1.807) is 0 Å². The minimum Gasteiger partial charge on any atom is -0.350 e. The molecule has 0 spiro atoms. The van der Waals surface area contributed by atoms with Crippen LogP contribution in [-0.4, -0.2) is 53.1 Å². The van der Waals surface area contributed by atoms with E-state index in [2.05, 4.69) is 84.1 Å². The number of amides is 1. The molecule has 0 radical (unpaired) electrons. The Morgan fingerprint density at radius 2 is 1.71 bits per heavy atom. The maximum Gasteiger partial charge on any atom is 0.272 e. The molecular formula is C31H36ClN5O. The minimum atomic E-state index is 0. The molecule has 4 heterocycles. The van der Waals surface area contributed by atoms with Crippen molar-refractivity contribution in [3.8, 4) is 0 Å². The molecule has 6 rings (SSSR count). The summed E-state index contributed by atoms with van der Waals surface area (Å²) >= 11 is 0. The lowest BCUT2D eigenvalue weighted by molar-refractivity contribution is 0.0730. The van der Waals surface area contributed by atoms with Gasteiger partial charge in [0.25, 0.3) is 5.91 Å². The monoisotopic (exact) mass is 529 g/mol. The number of carbonyl (C=O) groups is 1. The number of benzene rings is 2. The molecule has 1 saturated heterocycles. The van der Waals surface area contributed by atoms with Gasteiger partial charge in [0.05, 0.1) is 5.52 Å². The van der Waals surface area contributed by atoms with Gasteiger partial charge in [0, 0.05) is 56.9 Å². The smallest absolute Gasteiger partial charge is 0.272 e. The summed E-state index contributed by atoms with van der Waals surface area (Å²) in [5, 5.41) is 4.48. The van der Waals surface area contributed by atoms with Crippen molar-refractivity contribution < 1.29 is 4.79 Å². The van der Waals surface area contributed by atoms with Crippen molar-refractivity contribution in [2.24, 2.45) is 0 Å². The number of rotatable bonds is 4. The van der Waals surface area contributed by atoms with Crippen LogP contribution in [0.2, 0.25) is 0 Å². The van der Waals surface area contributed by atoms with Gasteiger partial charge in [-0.05, 0) is 55.5 Å². The lowest BCUT2D eigenvalue weighted by Crippen LogP contribution is -2.46. The topological polar surface area (TPSA) is 53.4 Å². The molecule has 7 heteroatoms. The Hall–Kier alpha value is -3.35. The average Bonchev–Trinajstić information content (AvgIpc) is 3.17. The second-order valence-corrected chi connectivity index (χ2v) is 10.5. The molecule has 38 heavy (non-hydrogen) atoms. The number of hydrogen-bond acceptors (Lipinski definition) is 4. The standard InChI is InChI=1S/C31H35N5O.ClH/c1-21-7-6-8-24(17-21)19-36-23(3)22(2)27-18-28(31(37)34-15-12-32-13-16-34)33-30(29(27)36)35-14-11-25-9-4-5-10-26(25)20-35;/h4-10,17-18,32H,11-16,19-20H2,1-3H3;1H. The number of aryl methyl sites for hydroxylation is 2. The molecule has 2 aromatic heterocycles. The number of pyridine rings is 1. The van der Waals surface area contributed by atoms with Crippen molar-refractivity contribution in [1.29, 1.82) is 0 Å². The van der Waals surface area contributed by atoms with Crippen molar-refractivity contribution in [1.82, 2.24) is 19.8 Å². The van der Waals surface area contributed by atoms with Gasteiger partial charge in [-0.2, -0.15) is 0 Å². The highest BCUT2D eigenvalue weighted by Crippen LogP contribution is 2.35. The molecule has 1 amide bonds. The fourth-order valence-electron chi connectivity index (χ4n) is 5.87. The van der Waals surface area contributed by atoms with Gasteiger partial charge < -0.3 is 19.7 Å².